The number of nitrogens with zero attached hydrogens (tertiary/aromatic N) is 4. The second kappa shape index (κ2) is 4.94. The number of hydrogen-bond acceptors (Lipinski definition) is 5. The molecule has 2 saturated heterocycles. The van der Waals surface area contributed by atoms with Crippen LogP contribution in [0.3, 0.4) is 0 Å². The average molecular weight is 287 g/mol. The van der Waals surface area contributed by atoms with Crippen molar-refractivity contribution < 1.29 is 4.79 Å². The molecular formula is C15H21N5O. The highest BCUT2D eigenvalue weighted by Crippen LogP contribution is 2.39. The van der Waals surface area contributed by atoms with Crippen molar-refractivity contribution in [2.75, 3.05) is 37.6 Å². The average Bonchev–Trinajstić information content (AvgIpc) is 3.20. The highest BCUT2D eigenvalue weighted by Gasteiger charge is 2.35. The van der Waals surface area contributed by atoms with E-state index in [1.165, 1.54) is 12.8 Å². The number of aromatic nitrogens is 2. The topological polar surface area (TPSA) is 61.4 Å². The van der Waals surface area contributed by atoms with Gasteiger partial charge in [0, 0.05) is 49.9 Å². The maximum Gasteiger partial charge on any atom is 0.234 e. The number of carbonyl (C=O) groups excluding carboxylic acids is 1. The standard InChI is InChI=1S/C15H21N5O/c1-10-6-13(18-15(17-10)11-2-3-11)20-7-12(8-20)19-5-4-16-14(21)9-19/h6,11-12H,2-5,7-9H2,1H3,(H,16,21). The van der Waals surface area contributed by atoms with Crippen molar-refractivity contribution in [3.05, 3.63) is 17.6 Å². The molecule has 3 aliphatic rings. The molecule has 0 atom stereocenters. The number of carbonyl (C=O) groups is 1. The monoisotopic (exact) mass is 287 g/mol. The Morgan fingerprint density at radius 3 is 2.81 bits per heavy atom. The maximum absolute atomic E-state index is 11.5. The summed E-state index contributed by atoms with van der Waals surface area (Å²) in [6.45, 7) is 6.24. The van der Waals surface area contributed by atoms with Crippen molar-refractivity contribution in [2.45, 2.75) is 31.7 Å². The molecule has 1 aromatic heterocycles. The summed E-state index contributed by atoms with van der Waals surface area (Å²) < 4.78 is 0. The first kappa shape index (κ1) is 13.0. The van der Waals surface area contributed by atoms with Gasteiger partial charge in [-0.05, 0) is 19.8 Å². The van der Waals surface area contributed by atoms with Crippen LogP contribution in [0.25, 0.3) is 0 Å². The van der Waals surface area contributed by atoms with E-state index in [1.54, 1.807) is 0 Å². The lowest BCUT2D eigenvalue weighted by Crippen LogP contribution is -2.64. The second-order valence-electron chi connectivity index (χ2n) is 6.38. The zero-order valence-corrected chi connectivity index (χ0v) is 12.4. The van der Waals surface area contributed by atoms with E-state index in [0.29, 0.717) is 18.5 Å². The van der Waals surface area contributed by atoms with Crippen LogP contribution in [0.5, 0.6) is 0 Å². The van der Waals surface area contributed by atoms with E-state index in [9.17, 15) is 4.79 Å². The van der Waals surface area contributed by atoms with Crippen LogP contribution in [-0.2, 0) is 4.79 Å². The molecule has 21 heavy (non-hydrogen) atoms. The third kappa shape index (κ3) is 2.60. The number of amides is 1. The van der Waals surface area contributed by atoms with E-state index in [1.807, 2.05) is 6.92 Å². The van der Waals surface area contributed by atoms with E-state index >= 15 is 0 Å². The van der Waals surface area contributed by atoms with Crippen LogP contribution in [0.1, 0.15) is 30.3 Å². The molecular weight excluding hydrogens is 266 g/mol. The van der Waals surface area contributed by atoms with Gasteiger partial charge in [-0.1, -0.05) is 0 Å². The molecule has 2 aliphatic heterocycles. The lowest BCUT2D eigenvalue weighted by atomic mass is 10.1. The largest absolute Gasteiger partial charge is 0.354 e. The van der Waals surface area contributed by atoms with Crippen LogP contribution in [0, 0.1) is 6.92 Å². The predicted molar refractivity (Wildman–Crippen MR) is 79.3 cm³/mol. The Hall–Kier alpha value is -1.69. The summed E-state index contributed by atoms with van der Waals surface area (Å²) in [6.07, 6.45) is 2.46. The third-order valence-corrected chi connectivity index (χ3v) is 4.57. The summed E-state index contributed by atoms with van der Waals surface area (Å²) in [5.41, 5.74) is 1.06. The Balaban J connectivity index is 1.42. The smallest absolute Gasteiger partial charge is 0.234 e. The molecule has 0 bridgehead atoms. The van der Waals surface area contributed by atoms with Crippen LogP contribution in [0.2, 0.25) is 0 Å². The molecule has 1 aliphatic carbocycles. The highest BCUT2D eigenvalue weighted by molar-refractivity contribution is 5.78. The van der Waals surface area contributed by atoms with Gasteiger partial charge in [0.05, 0.1) is 6.54 Å². The molecule has 1 amide bonds. The van der Waals surface area contributed by atoms with E-state index in [4.69, 9.17) is 4.98 Å². The minimum Gasteiger partial charge on any atom is -0.354 e. The molecule has 6 nitrogen and oxygen atoms in total. The summed E-state index contributed by atoms with van der Waals surface area (Å²) in [6, 6.07) is 2.56. The van der Waals surface area contributed by atoms with Gasteiger partial charge >= 0.3 is 0 Å². The zero-order valence-electron chi connectivity index (χ0n) is 12.4. The Morgan fingerprint density at radius 2 is 2.10 bits per heavy atom. The Morgan fingerprint density at radius 1 is 1.29 bits per heavy atom. The molecule has 6 heteroatoms. The molecule has 1 aromatic rings. The van der Waals surface area contributed by atoms with E-state index in [0.717, 1.165) is 43.5 Å². The fraction of sp³-hybridized carbons (Fsp3) is 0.667. The van der Waals surface area contributed by atoms with Gasteiger partial charge in [0.25, 0.3) is 0 Å². The van der Waals surface area contributed by atoms with E-state index in [-0.39, 0.29) is 5.91 Å². The Labute approximate surface area is 124 Å². The number of hydrogen-bond donors (Lipinski definition) is 1. The number of rotatable bonds is 3. The number of anilines is 1. The fourth-order valence-corrected chi connectivity index (χ4v) is 3.10. The van der Waals surface area contributed by atoms with Crippen molar-refractivity contribution >= 4 is 11.7 Å². The molecule has 1 N–H and O–H groups in total. The van der Waals surface area contributed by atoms with Gasteiger partial charge in [0.1, 0.15) is 11.6 Å². The fourth-order valence-electron chi connectivity index (χ4n) is 3.10. The minimum atomic E-state index is 0.147. The molecule has 4 rings (SSSR count). The number of nitrogens with one attached hydrogen (secondary N) is 1. The quantitative estimate of drug-likeness (QED) is 0.865. The van der Waals surface area contributed by atoms with E-state index < -0.39 is 0 Å². The van der Waals surface area contributed by atoms with Crippen LogP contribution in [0.15, 0.2) is 6.07 Å². The predicted octanol–water partition coefficient (Wildman–Crippen LogP) is 0.283. The van der Waals surface area contributed by atoms with Crippen LogP contribution in [-0.4, -0.2) is 59.5 Å². The molecule has 0 radical (unpaired) electrons. The van der Waals surface area contributed by atoms with Crippen LogP contribution < -0.4 is 10.2 Å². The Bertz CT molecular complexity index is 565. The van der Waals surface area contributed by atoms with Gasteiger partial charge in [-0.25, -0.2) is 9.97 Å². The third-order valence-electron chi connectivity index (χ3n) is 4.57. The van der Waals surface area contributed by atoms with Gasteiger partial charge in [-0.15, -0.1) is 0 Å². The van der Waals surface area contributed by atoms with Gasteiger partial charge < -0.3 is 10.2 Å². The first-order valence-electron chi connectivity index (χ1n) is 7.80. The van der Waals surface area contributed by atoms with E-state index in [2.05, 4.69) is 26.2 Å². The van der Waals surface area contributed by atoms with Gasteiger partial charge in [-0.3, -0.25) is 9.69 Å². The van der Waals surface area contributed by atoms with Crippen molar-refractivity contribution in [3.63, 3.8) is 0 Å². The number of piperazine rings is 1. The lowest BCUT2D eigenvalue weighted by molar-refractivity contribution is -0.125. The van der Waals surface area contributed by atoms with Crippen molar-refractivity contribution in [2.24, 2.45) is 0 Å². The van der Waals surface area contributed by atoms with Gasteiger partial charge in [0.15, 0.2) is 0 Å². The molecule has 3 heterocycles. The number of aryl methyl sites for hydroxylation is 1. The summed E-state index contributed by atoms with van der Waals surface area (Å²) in [4.78, 5) is 25.3. The Kier molecular flexibility index (Phi) is 3.06. The SMILES string of the molecule is Cc1cc(N2CC(N3CCNC(=O)C3)C2)nc(C2CC2)n1. The van der Waals surface area contributed by atoms with Gasteiger partial charge in [0.2, 0.25) is 5.91 Å². The zero-order chi connectivity index (χ0) is 14.4. The summed E-state index contributed by atoms with van der Waals surface area (Å²) >= 11 is 0. The molecule has 0 unspecified atom stereocenters. The summed E-state index contributed by atoms with van der Waals surface area (Å²) in [5.74, 6) is 2.81. The van der Waals surface area contributed by atoms with Crippen molar-refractivity contribution in [3.8, 4) is 0 Å². The van der Waals surface area contributed by atoms with Gasteiger partial charge in [-0.2, -0.15) is 0 Å². The van der Waals surface area contributed by atoms with Crippen molar-refractivity contribution in [1.82, 2.24) is 20.2 Å². The summed E-state index contributed by atoms with van der Waals surface area (Å²) in [7, 11) is 0. The molecule has 3 fully saturated rings. The molecule has 1 saturated carbocycles. The summed E-state index contributed by atoms with van der Waals surface area (Å²) in [5, 5.41) is 2.88. The molecule has 0 aromatic carbocycles. The maximum atomic E-state index is 11.5. The second-order valence-corrected chi connectivity index (χ2v) is 6.38. The lowest BCUT2D eigenvalue weighted by Gasteiger charge is -2.47. The molecule has 0 spiro atoms. The minimum absolute atomic E-state index is 0.147. The van der Waals surface area contributed by atoms with Crippen LogP contribution in [0.4, 0.5) is 5.82 Å². The van der Waals surface area contributed by atoms with Crippen molar-refractivity contribution in [1.29, 1.82) is 0 Å². The normalized spacial score (nSPS) is 23.9. The first-order valence-corrected chi connectivity index (χ1v) is 7.80. The first-order chi connectivity index (χ1) is 10.2. The van der Waals surface area contributed by atoms with Crippen LogP contribution >= 0.6 is 0 Å². The highest BCUT2D eigenvalue weighted by atomic mass is 16.2. The molecule has 112 valence electrons.